The van der Waals surface area contributed by atoms with Crippen LogP contribution in [-0.2, 0) is 0 Å². The summed E-state index contributed by atoms with van der Waals surface area (Å²) in [6.07, 6.45) is 2.48. The van der Waals surface area contributed by atoms with Gasteiger partial charge in [0.2, 0.25) is 0 Å². The number of amides is 1. The van der Waals surface area contributed by atoms with Crippen LogP contribution in [0.4, 0.5) is 26.0 Å². The van der Waals surface area contributed by atoms with Crippen LogP contribution in [0.1, 0.15) is 10.5 Å². The molecule has 0 aliphatic heterocycles. The van der Waals surface area contributed by atoms with Gasteiger partial charge < -0.3 is 10.6 Å². The molecule has 1 heterocycles. The lowest BCUT2D eigenvalue weighted by Crippen LogP contribution is -2.16. The summed E-state index contributed by atoms with van der Waals surface area (Å²) in [5.41, 5.74) is -0.0241. The van der Waals surface area contributed by atoms with E-state index in [9.17, 15) is 13.6 Å². The molecule has 132 valence electrons. The van der Waals surface area contributed by atoms with Crippen molar-refractivity contribution in [3.63, 3.8) is 0 Å². The van der Waals surface area contributed by atoms with E-state index in [1.165, 1.54) is 18.5 Å². The minimum absolute atomic E-state index is 0.104. The van der Waals surface area contributed by atoms with E-state index in [0.717, 1.165) is 12.1 Å². The summed E-state index contributed by atoms with van der Waals surface area (Å²) in [7, 11) is 0. The molecule has 5 nitrogen and oxygen atoms in total. The highest BCUT2D eigenvalue weighted by molar-refractivity contribution is 6.42. The lowest BCUT2D eigenvalue weighted by Gasteiger charge is -2.08. The van der Waals surface area contributed by atoms with E-state index >= 15 is 0 Å². The third-order valence-electron chi connectivity index (χ3n) is 3.28. The first-order chi connectivity index (χ1) is 12.4. The Bertz CT molecular complexity index is 947. The number of nitrogens with zero attached hydrogens (tertiary/aromatic N) is 2. The molecule has 2 aromatic carbocycles. The molecule has 2 N–H and O–H groups in total. The van der Waals surface area contributed by atoms with Crippen molar-refractivity contribution in [2.45, 2.75) is 0 Å². The summed E-state index contributed by atoms with van der Waals surface area (Å²) in [6.45, 7) is 0. The molecular weight excluding hydrogens is 385 g/mol. The zero-order valence-electron chi connectivity index (χ0n) is 12.9. The molecule has 3 rings (SSSR count). The number of aromatic nitrogens is 2. The smallest absolute Gasteiger partial charge is 0.276 e. The van der Waals surface area contributed by atoms with Crippen LogP contribution in [0.15, 0.2) is 48.8 Å². The SMILES string of the molecule is O=C(Nc1c(F)cccc1F)c1cnc(Nc2ccc(Cl)c(Cl)c2)cn1. The maximum absolute atomic E-state index is 13.6. The number of rotatable bonds is 4. The van der Waals surface area contributed by atoms with E-state index in [2.05, 4.69) is 20.6 Å². The molecule has 0 fully saturated rings. The van der Waals surface area contributed by atoms with Gasteiger partial charge in [-0.3, -0.25) is 4.79 Å². The fraction of sp³-hybridized carbons (Fsp3) is 0. The molecule has 0 bridgehead atoms. The second kappa shape index (κ2) is 7.63. The monoisotopic (exact) mass is 394 g/mol. The number of halogens is 4. The zero-order valence-corrected chi connectivity index (χ0v) is 14.4. The molecular formula is C17H10Cl2F2N4O. The van der Waals surface area contributed by atoms with Crippen LogP contribution in [0.5, 0.6) is 0 Å². The highest BCUT2D eigenvalue weighted by Gasteiger charge is 2.14. The molecule has 9 heteroatoms. The van der Waals surface area contributed by atoms with Crippen molar-refractivity contribution in [1.82, 2.24) is 9.97 Å². The predicted molar refractivity (Wildman–Crippen MR) is 96.1 cm³/mol. The molecule has 0 saturated heterocycles. The standard InChI is InChI=1S/C17H10Cl2F2N4O/c18-10-5-4-9(6-11(10)19)24-15-8-22-14(7-23-15)17(26)25-16-12(20)2-1-3-13(16)21/h1-8H,(H,23,24)(H,25,26). The number of para-hydroxylation sites is 1. The van der Waals surface area contributed by atoms with Gasteiger partial charge in [-0.2, -0.15) is 0 Å². The molecule has 0 atom stereocenters. The number of hydrogen-bond donors (Lipinski definition) is 2. The second-order valence-electron chi connectivity index (χ2n) is 5.09. The molecule has 0 aliphatic carbocycles. The highest BCUT2D eigenvalue weighted by Crippen LogP contribution is 2.26. The van der Waals surface area contributed by atoms with E-state index in [0.29, 0.717) is 21.6 Å². The van der Waals surface area contributed by atoms with Crippen LogP contribution < -0.4 is 10.6 Å². The number of benzene rings is 2. The number of carbonyl (C=O) groups excluding carboxylic acids is 1. The molecule has 3 aromatic rings. The van der Waals surface area contributed by atoms with Gasteiger partial charge in [0.25, 0.3) is 5.91 Å². The Balaban J connectivity index is 1.72. The van der Waals surface area contributed by atoms with Crippen LogP contribution in [-0.4, -0.2) is 15.9 Å². The molecule has 1 aromatic heterocycles. The third-order valence-corrected chi connectivity index (χ3v) is 4.02. The Morgan fingerprint density at radius 1 is 0.962 bits per heavy atom. The first-order valence-electron chi connectivity index (χ1n) is 7.23. The Morgan fingerprint density at radius 3 is 2.31 bits per heavy atom. The minimum atomic E-state index is -0.885. The van der Waals surface area contributed by atoms with Crippen molar-refractivity contribution in [3.05, 3.63) is 76.2 Å². The topological polar surface area (TPSA) is 66.9 Å². The van der Waals surface area contributed by atoms with Crippen molar-refractivity contribution in [2.75, 3.05) is 10.6 Å². The molecule has 0 unspecified atom stereocenters. The average Bonchev–Trinajstić information content (AvgIpc) is 2.62. The van der Waals surface area contributed by atoms with Gasteiger partial charge in [-0.05, 0) is 30.3 Å². The molecule has 0 spiro atoms. The minimum Gasteiger partial charge on any atom is -0.339 e. The second-order valence-corrected chi connectivity index (χ2v) is 5.91. The lowest BCUT2D eigenvalue weighted by atomic mass is 10.2. The molecule has 0 aliphatic rings. The summed E-state index contributed by atoms with van der Waals surface area (Å²) in [5.74, 6) is -2.21. The Kier molecular flexibility index (Phi) is 5.29. The summed E-state index contributed by atoms with van der Waals surface area (Å²) < 4.78 is 27.1. The molecule has 0 saturated carbocycles. The quantitative estimate of drug-likeness (QED) is 0.648. The van der Waals surface area contributed by atoms with Crippen molar-refractivity contribution in [1.29, 1.82) is 0 Å². The fourth-order valence-corrected chi connectivity index (χ4v) is 2.32. The van der Waals surface area contributed by atoms with Gasteiger partial charge >= 0.3 is 0 Å². The number of hydrogen-bond acceptors (Lipinski definition) is 4. The van der Waals surface area contributed by atoms with Crippen LogP contribution >= 0.6 is 23.2 Å². The summed E-state index contributed by atoms with van der Waals surface area (Å²) in [6, 6.07) is 8.18. The first-order valence-corrected chi connectivity index (χ1v) is 7.99. The van der Waals surface area contributed by atoms with Crippen molar-refractivity contribution in [3.8, 4) is 0 Å². The van der Waals surface area contributed by atoms with Gasteiger partial charge in [0.15, 0.2) is 0 Å². The van der Waals surface area contributed by atoms with Crippen LogP contribution in [0.2, 0.25) is 10.0 Å². The number of carbonyl (C=O) groups is 1. The van der Waals surface area contributed by atoms with E-state index < -0.39 is 23.2 Å². The summed E-state index contributed by atoms with van der Waals surface area (Å²) >= 11 is 11.8. The Morgan fingerprint density at radius 2 is 1.69 bits per heavy atom. The normalized spacial score (nSPS) is 10.5. The van der Waals surface area contributed by atoms with E-state index in [-0.39, 0.29) is 5.69 Å². The van der Waals surface area contributed by atoms with Crippen molar-refractivity contribution < 1.29 is 13.6 Å². The van der Waals surface area contributed by atoms with E-state index in [4.69, 9.17) is 23.2 Å². The summed E-state index contributed by atoms with van der Waals surface area (Å²) in [5, 5.41) is 5.85. The maximum atomic E-state index is 13.6. The molecule has 26 heavy (non-hydrogen) atoms. The van der Waals surface area contributed by atoms with Crippen molar-refractivity contribution in [2.24, 2.45) is 0 Å². The number of anilines is 3. The van der Waals surface area contributed by atoms with Gasteiger partial charge in [0.1, 0.15) is 28.8 Å². The Hall–Kier alpha value is -2.77. The largest absolute Gasteiger partial charge is 0.339 e. The van der Waals surface area contributed by atoms with E-state index in [1.54, 1.807) is 18.2 Å². The van der Waals surface area contributed by atoms with Gasteiger partial charge in [-0.25, -0.2) is 18.7 Å². The Labute approximate surface area is 157 Å². The fourth-order valence-electron chi connectivity index (χ4n) is 2.03. The van der Waals surface area contributed by atoms with Crippen molar-refractivity contribution >= 4 is 46.3 Å². The highest BCUT2D eigenvalue weighted by atomic mass is 35.5. The summed E-state index contributed by atoms with van der Waals surface area (Å²) in [4.78, 5) is 20.0. The molecule has 1 amide bonds. The van der Waals surface area contributed by atoms with Gasteiger partial charge in [-0.15, -0.1) is 0 Å². The van der Waals surface area contributed by atoms with Crippen LogP contribution in [0.3, 0.4) is 0 Å². The lowest BCUT2D eigenvalue weighted by molar-refractivity contribution is 0.102. The van der Waals surface area contributed by atoms with Gasteiger partial charge in [0.05, 0.1) is 22.4 Å². The van der Waals surface area contributed by atoms with Crippen LogP contribution in [0.25, 0.3) is 0 Å². The zero-order chi connectivity index (χ0) is 18.7. The first kappa shape index (κ1) is 18.0. The third kappa shape index (κ3) is 4.07. The number of nitrogens with one attached hydrogen (secondary N) is 2. The van der Waals surface area contributed by atoms with Gasteiger partial charge in [-0.1, -0.05) is 29.3 Å². The van der Waals surface area contributed by atoms with Gasteiger partial charge in [0, 0.05) is 5.69 Å². The maximum Gasteiger partial charge on any atom is 0.276 e. The predicted octanol–water partition coefficient (Wildman–Crippen LogP) is 5.06. The average molecular weight is 395 g/mol. The van der Waals surface area contributed by atoms with Crippen LogP contribution in [0, 0.1) is 11.6 Å². The van der Waals surface area contributed by atoms with E-state index in [1.807, 2.05) is 0 Å². The molecule has 0 radical (unpaired) electrons.